The lowest BCUT2D eigenvalue weighted by atomic mass is 10.1. The molecule has 0 saturated carbocycles. The maximum absolute atomic E-state index is 13.2. The number of furan rings is 1. The molecule has 0 unspecified atom stereocenters. The van der Waals surface area contributed by atoms with Crippen LogP contribution >= 0.6 is 0 Å². The Morgan fingerprint density at radius 1 is 1.27 bits per heavy atom. The number of carbonyl (C=O) groups is 1. The molecule has 0 radical (unpaired) electrons. The fourth-order valence-electron chi connectivity index (χ4n) is 3.97. The zero-order chi connectivity index (χ0) is 27.1. The number of nitrogens with one attached hydrogen (secondary N) is 2. The van der Waals surface area contributed by atoms with Gasteiger partial charge in [0.15, 0.2) is 17.9 Å². The molecule has 37 heavy (non-hydrogen) atoms. The van der Waals surface area contributed by atoms with Crippen molar-refractivity contribution in [2.24, 2.45) is 4.99 Å². The van der Waals surface area contributed by atoms with Crippen LogP contribution in [-0.4, -0.2) is 56.8 Å². The predicted octanol–water partition coefficient (Wildman–Crippen LogP) is 3.64. The van der Waals surface area contributed by atoms with E-state index in [4.69, 9.17) is 13.9 Å². The van der Waals surface area contributed by atoms with Gasteiger partial charge in [0.1, 0.15) is 22.4 Å². The Morgan fingerprint density at radius 2 is 1.97 bits per heavy atom. The normalized spacial score (nSPS) is 22.6. The zero-order valence-corrected chi connectivity index (χ0v) is 22.4. The number of para-hydroxylation sites is 1. The Labute approximate surface area is 216 Å². The first-order valence-corrected chi connectivity index (χ1v) is 13.5. The van der Waals surface area contributed by atoms with Crippen molar-refractivity contribution in [3.05, 3.63) is 58.0 Å². The molecule has 0 aliphatic carbocycles. The number of aliphatic imine (C=N–C) groups is 1. The van der Waals surface area contributed by atoms with E-state index in [1.807, 2.05) is 26.8 Å². The second kappa shape index (κ2) is 10.2. The first-order chi connectivity index (χ1) is 17.4. The number of nitrogens with zero attached hydrogens (tertiary/aromatic N) is 2. The summed E-state index contributed by atoms with van der Waals surface area (Å²) in [6.45, 7) is 7.65. The quantitative estimate of drug-likeness (QED) is 0.438. The lowest BCUT2D eigenvalue weighted by molar-refractivity contribution is -0.356. The van der Waals surface area contributed by atoms with Gasteiger partial charge in [-0.1, -0.05) is 26.8 Å². The van der Waals surface area contributed by atoms with Gasteiger partial charge in [0.25, 0.3) is 15.9 Å². The molecule has 1 atom stereocenters. The predicted molar refractivity (Wildman–Crippen MR) is 138 cm³/mol. The standard InChI is InChI=1S/C25H32N4O7S/c1-7-17(19-11-15(12-34-19)13(2)3)27-23-20(22(37(32,33)28-23)25-35-14(4)36-25)26-18-10-8-9-16(21(18)30)24(31)29(5)6/h8-14,17,25-26,30H,7H2,1-6H3,(H,27,28)/t14?,17-,25?/m1/s1. The SMILES string of the molecule is CC[C@@H](N=C1NS(=O)(=O)C(C2OC(C)O2)=C1Nc1cccc(C(=O)N(C)C)c1O)c1cc(C(C)C)co1. The van der Waals surface area contributed by atoms with E-state index in [2.05, 4.69) is 15.0 Å². The van der Waals surface area contributed by atoms with E-state index in [-0.39, 0.29) is 39.4 Å². The Morgan fingerprint density at radius 3 is 2.54 bits per heavy atom. The highest BCUT2D eigenvalue weighted by Gasteiger charge is 2.46. The molecule has 3 N–H and O–H groups in total. The van der Waals surface area contributed by atoms with Crippen LogP contribution in [-0.2, 0) is 19.5 Å². The molecule has 4 rings (SSSR count). The molecule has 3 heterocycles. The summed E-state index contributed by atoms with van der Waals surface area (Å²) >= 11 is 0. The van der Waals surface area contributed by atoms with E-state index >= 15 is 0 Å². The molecular formula is C25H32N4O7S. The third-order valence-corrected chi connectivity index (χ3v) is 7.53. The Kier molecular flexibility index (Phi) is 7.36. The van der Waals surface area contributed by atoms with Gasteiger partial charge in [-0.15, -0.1) is 0 Å². The summed E-state index contributed by atoms with van der Waals surface area (Å²) in [5, 5.41) is 13.8. The van der Waals surface area contributed by atoms with Crippen LogP contribution in [0.1, 0.15) is 67.8 Å². The van der Waals surface area contributed by atoms with Crippen LogP contribution in [0.2, 0.25) is 0 Å². The van der Waals surface area contributed by atoms with E-state index in [1.165, 1.54) is 17.0 Å². The van der Waals surface area contributed by atoms with E-state index in [0.717, 1.165) is 5.56 Å². The van der Waals surface area contributed by atoms with Crippen molar-refractivity contribution in [3.8, 4) is 5.75 Å². The molecule has 12 heteroatoms. The van der Waals surface area contributed by atoms with E-state index < -0.39 is 34.6 Å². The van der Waals surface area contributed by atoms with Gasteiger partial charge in [-0.05, 0) is 43.0 Å². The minimum Gasteiger partial charge on any atom is -0.505 e. The number of carbonyl (C=O) groups excluding carboxylic acids is 1. The molecule has 0 bridgehead atoms. The van der Waals surface area contributed by atoms with Crippen molar-refractivity contribution < 1.29 is 32.2 Å². The molecule has 200 valence electrons. The number of anilines is 1. The van der Waals surface area contributed by atoms with Crippen LogP contribution in [0.15, 0.2) is 50.5 Å². The number of benzene rings is 1. The van der Waals surface area contributed by atoms with Crippen molar-refractivity contribution in [3.63, 3.8) is 0 Å². The molecule has 1 amide bonds. The van der Waals surface area contributed by atoms with Crippen LogP contribution in [0.4, 0.5) is 5.69 Å². The van der Waals surface area contributed by atoms with Crippen LogP contribution in [0, 0.1) is 0 Å². The first kappa shape index (κ1) is 26.7. The number of hydrogen-bond acceptors (Lipinski definition) is 9. The minimum absolute atomic E-state index is 0.0137. The number of amidine groups is 1. The van der Waals surface area contributed by atoms with Crippen molar-refractivity contribution >= 4 is 27.5 Å². The lowest BCUT2D eigenvalue weighted by Gasteiger charge is -2.34. The van der Waals surface area contributed by atoms with Crippen molar-refractivity contribution in [2.45, 2.75) is 58.7 Å². The number of phenolic OH excluding ortho intramolecular Hbond substituents is 1. The third kappa shape index (κ3) is 5.22. The average molecular weight is 533 g/mol. The molecular weight excluding hydrogens is 500 g/mol. The summed E-state index contributed by atoms with van der Waals surface area (Å²) in [5.74, 6) is 0.119. The molecule has 11 nitrogen and oxygen atoms in total. The highest BCUT2D eigenvalue weighted by molar-refractivity contribution is 7.94. The Bertz CT molecular complexity index is 1350. The van der Waals surface area contributed by atoms with Gasteiger partial charge in [0, 0.05) is 14.1 Å². The first-order valence-electron chi connectivity index (χ1n) is 12.0. The number of amides is 1. The summed E-state index contributed by atoms with van der Waals surface area (Å²) in [7, 11) is -0.953. The average Bonchev–Trinajstić information content (AvgIpc) is 3.39. The number of rotatable bonds is 8. The van der Waals surface area contributed by atoms with E-state index in [9.17, 15) is 18.3 Å². The van der Waals surface area contributed by atoms with Gasteiger partial charge >= 0.3 is 0 Å². The van der Waals surface area contributed by atoms with Gasteiger partial charge in [-0.3, -0.25) is 14.5 Å². The fraction of sp³-hybridized carbons (Fsp3) is 0.440. The zero-order valence-electron chi connectivity index (χ0n) is 21.6. The summed E-state index contributed by atoms with van der Waals surface area (Å²) in [4.78, 5) is 18.3. The summed E-state index contributed by atoms with van der Waals surface area (Å²) in [5.41, 5.74) is 1.23. The summed E-state index contributed by atoms with van der Waals surface area (Å²) in [6, 6.07) is 6.01. The topological polar surface area (TPSA) is 143 Å². The molecule has 0 spiro atoms. The molecule has 1 aromatic carbocycles. The van der Waals surface area contributed by atoms with Crippen molar-refractivity contribution in [1.82, 2.24) is 9.62 Å². The second-order valence-corrected chi connectivity index (χ2v) is 11.0. The van der Waals surface area contributed by atoms with Crippen molar-refractivity contribution in [1.29, 1.82) is 0 Å². The summed E-state index contributed by atoms with van der Waals surface area (Å²) < 4.78 is 45.6. The minimum atomic E-state index is -4.09. The second-order valence-electron chi connectivity index (χ2n) is 9.38. The van der Waals surface area contributed by atoms with Gasteiger partial charge < -0.3 is 29.2 Å². The number of hydrogen-bond donors (Lipinski definition) is 3. The van der Waals surface area contributed by atoms with Crippen LogP contribution < -0.4 is 10.0 Å². The van der Waals surface area contributed by atoms with Gasteiger partial charge in [0.05, 0.1) is 17.5 Å². The Hall–Kier alpha value is -3.35. The maximum Gasteiger partial charge on any atom is 0.266 e. The van der Waals surface area contributed by atoms with Crippen LogP contribution in [0.5, 0.6) is 5.75 Å². The molecule has 1 saturated heterocycles. The van der Waals surface area contributed by atoms with Crippen LogP contribution in [0.25, 0.3) is 0 Å². The maximum atomic E-state index is 13.2. The highest BCUT2D eigenvalue weighted by atomic mass is 32.2. The molecule has 2 aromatic rings. The smallest absolute Gasteiger partial charge is 0.266 e. The van der Waals surface area contributed by atoms with Crippen LogP contribution in [0.3, 0.4) is 0 Å². The Balaban J connectivity index is 1.80. The monoisotopic (exact) mass is 532 g/mol. The third-order valence-electron chi connectivity index (χ3n) is 6.09. The highest BCUT2D eigenvalue weighted by Crippen LogP contribution is 2.37. The number of phenols is 1. The molecule has 1 aromatic heterocycles. The van der Waals surface area contributed by atoms with Gasteiger partial charge in [-0.2, -0.15) is 0 Å². The van der Waals surface area contributed by atoms with E-state index in [0.29, 0.717) is 12.2 Å². The summed E-state index contributed by atoms with van der Waals surface area (Å²) in [6.07, 6.45) is 0.466. The van der Waals surface area contributed by atoms with Crippen molar-refractivity contribution in [2.75, 3.05) is 19.4 Å². The molecule has 2 aliphatic heterocycles. The fourth-order valence-corrected chi connectivity index (χ4v) is 5.27. The van der Waals surface area contributed by atoms with Gasteiger partial charge in [0.2, 0.25) is 6.29 Å². The number of sulfonamides is 1. The van der Waals surface area contributed by atoms with E-state index in [1.54, 1.807) is 33.3 Å². The number of ether oxygens (including phenoxy) is 2. The molecule has 1 fully saturated rings. The molecule has 2 aliphatic rings. The lowest BCUT2D eigenvalue weighted by Crippen LogP contribution is -2.42. The number of aromatic hydroxyl groups is 1. The largest absolute Gasteiger partial charge is 0.505 e. The van der Waals surface area contributed by atoms with Gasteiger partial charge in [-0.25, -0.2) is 8.42 Å².